The number of aromatic carboxylic acids is 1. The van der Waals surface area contributed by atoms with Gasteiger partial charge in [0.2, 0.25) is 0 Å². The van der Waals surface area contributed by atoms with Crippen molar-refractivity contribution in [3.63, 3.8) is 0 Å². The molecule has 7 nitrogen and oxygen atoms in total. The number of benzene rings is 2. The fraction of sp³-hybridized carbons (Fsp3) is 0.100. The number of rotatable bonds is 5. The molecule has 0 atom stereocenters. The number of nitriles is 1. The van der Waals surface area contributed by atoms with E-state index in [1.54, 1.807) is 30.3 Å². The lowest BCUT2D eigenvalue weighted by atomic mass is 10.0. The number of carboxylic acids is 1. The second-order valence-electron chi connectivity index (χ2n) is 5.72. The number of thiocarbonyl (C=S) groups is 1. The van der Waals surface area contributed by atoms with Crippen molar-refractivity contribution in [2.24, 2.45) is 0 Å². The molecule has 1 saturated heterocycles. The summed E-state index contributed by atoms with van der Waals surface area (Å²) < 4.78 is 10.6. The van der Waals surface area contributed by atoms with Gasteiger partial charge in [-0.2, -0.15) is 5.26 Å². The molecule has 0 aromatic heterocycles. The SMILES string of the molecule is COc1ccc(/C=C2\SC(=S)N(c3ccccc3C#N)C2=O)c(C(=O)O)c1OC. The van der Waals surface area contributed by atoms with Crippen molar-refractivity contribution in [2.45, 2.75) is 0 Å². The zero-order valence-electron chi connectivity index (χ0n) is 15.3. The molecule has 0 aliphatic carbocycles. The number of thioether (sulfide) groups is 1. The minimum Gasteiger partial charge on any atom is -0.493 e. The number of carbonyl (C=O) groups is 2. The van der Waals surface area contributed by atoms with Gasteiger partial charge in [-0.25, -0.2) is 4.79 Å². The molecule has 3 rings (SSSR count). The molecule has 146 valence electrons. The van der Waals surface area contributed by atoms with Gasteiger partial charge < -0.3 is 14.6 Å². The van der Waals surface area contributed by atoms with Crippen LogP contribution in [0.1, 0.15) is 21.5 Å². The summed E-state index contributed by atoms with van der Waals surface area (Å²) in [5.41, 5.74) is 0.827. The monoisotopic (exact) mass is 426 g/mol. The molecule has 2 aromatic rings. The standard InChI is InChI=1S/C20H14N2O5S2/c1-26-14-8-7-11(16(19(24)25)17(14)27-2)9-15-18(23)22(20(28)29-15)13-6-4-3-5-12(13)10-21/h3-9H,1-2H3,(H,24,25)/b15-9-. The molecule has 2 aromatic carbocycles. The minimum atomic E-state index is -1.22. The Morgan fingerprint density at radius 3 is 2.59 bits per heavy atom. The first-order valence-corrected chi connectivity index (χ1v) is 9.40. The molecule has 0 unspecified atom stereocenters. The number of carboxylic acid groups (broad SMARTS) is 1. The minimum absolute atomic E-state index is 0.0547. The number of carbonyl (C=O) groups excluding carboxylic acids is 1. The summed E-state index contributed by atoms with van der Waals surface area (Å²) in [5, 5.41) is 19.0. The first kappa shape index (κ1) is 20.4. The fourth-order valence-electron chi connectivity index (χ4n) is 2.86. The van der Waals surface area contributed by atoms with Crippen LogP contribution in [-0.2, 0) is 4.79 Å². The Bertz CT molecular complexity index is 1100. The lowest BCUT2D eigenvalue weighted by Crippen LogP contribution is -2.28. The largest absolute Gasteiger partial charge is 0.493 e. The maximum Gasteiger partial charge on any atom is 0.340 e. The van der Waals surface area contributed by atoms with Crippen molar-refractivity contribution in [3.05, 3.63) is 58.0 Å². The van der Waals surface area contributed by atoms with Crippen LogP contribution in [-0.4, -0.2) is 35.5 Å². The zero-order chi connectivity index (χ0) is 21.1. The third-order valence-corrected chi connectivity index (χ3v) is 5.44. The molecule has 1 aliphatic heterocycles. The van der Waals surface area contributed by atoms with Gasteiger partial charge in [-0.3, -0.25) is 9.69 Å². The first-order chi connectivity index (χ1) is 13.9. The van der Waals surface area contributed by atoms with Crippen molar-refractivity contribution in [3.8, 4) is 17.6 Å². The van der Waals surface area contributed by atoms with E-state index in [-0.39, 0.29) is 31.9 Å². The number of hydrogen-bond acceptors (Lipinski definition) is 7. The van der Waals surface area contributed by atoms with Gasteiger partial charge in [0, 0.05) is 0 Å². The van der Waals surface area contributed by atoms with E-state index in [0.29, 0.717) is 11.3 Å². The van der Waals surface area contributed by atoms with Gasteiger partial charge in [-0.1, -0.05) is 42.2 Å². The molecular formula is C20H14N2O5S2. The molecule has 1 N–H and O–H groups in total. The molecule has 0 spiro atoms. The third kappa shape index (κ3) is 3.68. The molecule has 0 radical (unpaired) electrons. The van der Waals surface area contributed by atoms with Crippen LogP contribution in [0.5, 0.6) is 11.5 Å². The number of amides is 1. The number of methoxy groups -OCH3 is 2. The van der Waals surface area contributed by atoms with E-state index in [0.717, 1.165) is 11.8 Å². The molecule has 1 amide bonds. The third-order valence-electron chi connectivity index (χ3n) is 4.14. The number of para-hydroxylation sites is 1. The van der Waals surface area contributed by atoms with Gasteiger partial charge in [0.1, 0.15) is 11.6 Å². The summed E-state index contributed by atoms with van der Waals surface area (Å²) >= 11 is 6.36. The van der Waals surface area contributed by atoms with Crippen LogP contribution in [0.15, 0.2) is 41.3 Å². The topological polar surface area (TPSA) is 99.9 Å². The zero-order valence-corrected chi connectivity index (χ0v) is 17.0. The molecule has 0 saturated carbocycles. The van der Waals surface area contributed by atoms with E-state index in [1.807, 2.05) is 6.07 Å². The van der Waals surface area contributed by atoms with E-state index >= 15 is 0 Å². The predicted octanol–water partition coefficient (Wildman–Crippen LogP) is 3.68. The second-order valence-corrected chi connectivity index (χ2v) is 7.39. The lowest BCUT2D eigenvalue weighted by molar-refractivity contribution is -0.113. The summed E-state index contributed by atoms with van der Waals surface area (Å²) in [6.45, 7) is 0. The summed E-state index contributed by atoms with van der Waals surface area (Å²) in [4.78, 5) is 26.3. The predicted molar refractivity (Wildman–Crippen MR) is 113 cm³/mol. The maximum atomic E-state index is 13.0. The van der Waals surface area contributed by atoms with Crippen LogP contribution in [0.4, 0.5) is 5.69 Å². The Balaban J connectivity index is 2.09. The Morgan fingerprint density at radius 2 is 1.97 bits per heavy atom. The van der Waals surface area contributed by atoms with Crippen LogP contribution in [0.3, 0.4) is 0 Å². The highest BCUT2D eigenvalue weighted by atomic mass is 32.2. The van der Waals surface area contributed by atoms with Gasteiger partial charge in [-0.05, 0) is 29.8 Å². The number of nitrogens with zero attached hydrogens (tertiary/aromatic N) is 2. The molecule has 0 bridgehead atoms. The Labute approximate surface area is 176 Å². The summed E-state index contributed by atoms with van der Waals surface area (Å²) in [6, 6.07) is 11.7. The Morgan fingerprint density at radius 1 is 1.24 bits per heavy atom. The highest BCUT2D eigenvalue weighted by Gasteiger charge is 2.35. The summed E-state index contributed by atoms with van der Waals surface area (Å²) in [6.07, 6.45) is 1.44. The van der Waals surface area contributed by atoms with Crippen molar-refractivity contribution in [1.29, 1.82) is 5.26 Å². The van der Waals surface area contributed by atoms with Gasteiger partial charge >= 0.3 is 5.97 Å². The lowest BCUT2D eigenvalue weighted by Gasteiger charge is -2.15. The molecule has 1 heterocycles. The average Bonchev–Trinajstić information content (AvgIpc) is 2.99. The van der Waals surface area contributed by atoms with Gasteiger partial charge in [0.05, 0.1) is 30.4 Å². The van der Waals surface area contributed by atoms with E-state index < -0.39 is 11.9 Å². The molecule has 1 aliphatic rings. The Hall–Kier alpha value is -3.35. The summed E-state index contributed by atoms with van der Waals surface area (Å²) in [7, 11) is 2.74. The highest BCUT2D eigenvalue weighted by Crippen LogP contribution is 2.39. The first-order valence-electron chi connectivity index (χ1n) is 8.18. The van der Waals surface area contributed by atoms with E-state index in [4.69, 9.17) is 21.7 Å². The number of ether oxygens (including phenoxy) is 2. The molecule has 1 fully saturated rings. The number of hydrogen-bond donors (Lipinski definition) is 1. The Kier molecular flexibility index (Phi) is 5.87. The van der Waals surface area contributed by atoms with E-state index in [9.17, 15) is 20.0 Å². The highest BCUT2D eigenvalue weighted by molar-refractivity contribution is 8.27. The van der Waals surface area contributed by atoms with Crippen molar-refractivity contribution < 1.29 is 24.2 Å². The molecular weight excluding hydrogens is 412 g/mol. The van der Waals surface area contributed by atoms with Gasteiger partial charge in [0.25, 0.3) is 5.91 Å². The van der Waals surface area contributed by atoms with Crippen molar-refractivity contribution in [2.75, 3.05) is 19.1 Å². The van der Waals surface area contributed by atoms with Crippen LogP contribution in [0.2, 0.25) is 0 Å². The van der Waals surface area contributed by atoms with E-state index in [2.05, 4.69) is 0 Å². The fourth-order valence-corrected chi connectivity index (χ4v) is 4.14. The van der Waals surface area contributed by atoms with Gasteiger partial charge in [-0.15, -0.1) is 0 Å². The quantitative estimate of drug-likeness (QED) is 0.571. The summed E-state index contributed by atoms with van der Waals surface area (Å²) in [5.74, 6) is -1.34. The van der Waals surface area contributed by atoms with Crippen LogP contribution in [0, 0.1) is 11.3 Å². The van der Waals surface area contributed by atoms with Gasteiger partial charge in [0.15, 0.2) is 15.8 Å². The normalized spacial score (nSPS) is 14.8. The van der Waals surface area contributed by atoms with Crippen LogP contribution < -0.4 is 14.4 Å². The van der Waals surface area contributed by atoms with Crippen molar-refractivity contribution in [1.82, 2.24) is 0 Å². The second kappa shape index (κ2) is 8.34. The number of anilines is 1. The van der Waals surface area contributed by atoms with Crippen LogP contribution in [0.25, 0.3) is 6.08 Å². The molecule has 29 heavy (non-hydrogen) atoms. The van der Waals surface area contributed by atoms with Crippen LogP contribution >= 0.6 is 24.0 Å². The van der Waals surface area contributed by atoms with E-state index in [1.165, 1.54) is 31.3 Å². The average molecular weight is 426 g/mol. The van der Waals surface area contributed by atoms with Crippen molar-refractivity contribution >= 4 is 51.9 Å². The molecule has 9 heteroatoms. The maximum absolute atomic E-state index is 13.0. The smallest absolute Gasteiger partial charge is 0.340 e.